The monoisotopic (exact) mass is 306 g/mol. The first-order valence-electron chi connectivity index (χ1n) is 6.86. The van der Waals surface area contributed by atoms with Crippen LogP contribution in [0.1, 0.15) is 16.8 Å². The number of esters is 1. The van der Waals surface area contributed by atoms with E-state index in [0.717, 1.165) is 0 Å². The summed E-state index contributed by atoms with van der Waals surface area (Å²) in [6, 6.07) is 5.75. The van der Waals surface area contributed by atoms with Crippen molar-refractivity contribution in [3.05, 3.63) is 29.8 Å². The molecule has 1 aliphatic rings. The molecule has 22 heavy (non-hydrogen) atoms. The third kappa shape index (κ3) is 3.36. The highest BCUT2D eigenvalue weighted by Gasteiger charge is 2.35. The number of hydrogen-bond donors (Lipinski definition) is 1. The first kappa shape index (κ1) is 15.8. The number of methoxy groups -OCH3 is 2. The summed E-state index contributed by atoms with van der Waals surface area (Å²) in [6.07, 6.45) is -0.162. The molecule has 1 saturated heterocycles. The van der Waals surface area contributed by atoms with Gasteiger partial charge in [-0.25, -0.2) is 0 Å². The molecule has 0 saturated carbocycles. The van der Waals surface area contributed by atoms with E-state index >= 15 is 0 Å². The molecule has 7 nitrogen and oxygen atoms in total. The van der Waals surface area contributed by atoms with E-state index in [4.69, 9.17) is 4.74 Å². The van der Waals surface area contributed by atoms with Gasteiger partial charge in [-0.05, 0) is 24.3 Å². The summed E-state index contributed by atoms with van der Waals surface area (Å²) >= 11 is 0. The van der Waals surface area contributed by atoms with E-state index in [2.05, 4.69) is 10.1 Å². The average Bonchev–Trinajstić information content (AvgIpc) is 2.56. The summed E-state index contributed by atoms with van der Waals surface area (Å²) in [5.74, 6) is -0.543. The van der Waals surface area contributed by atoms with Crippen LogP contribution < -0.4 is 10.1 Å². The fourth-order valence-corrected chi connectivity index (χ4v) is 2.30. The smallest absolute Gasteiger partial charge is 0.308 e. The number of benzene rings is 1. The van der Waals surface area contributed by atoms with Gasteiger partial charge in [-0.3, -0.25) is 14.4 Å². The molecule has 1 atom stereocenters. The van der Waals surface area contributed by atoms with Gasteiger partial charge in [0.05, 0.1) is 20.6 Å². The minimum Gasteiger partial charge on any atom is -0.497 e. The van der Waals surface area contributed by atoms with Crippen molar-refractivity contribution in [3.63, 3.8) is 0 Å². The van der Waals surface area contributed by atoms with Gasteiger partial charge in [0.1, 0.15) is 11.8 Å². The summed E-state index contributed by atoms with van der Waals surface area (Å²) in [7, 11) is 2.79. The Kier molecular flexibility index (Phi) is 4.98. The number of carbonyl (C=O) groups is 3. The van der Waals surface area contributed by atoms with E-state index < -0.39 is 12.0 Å². The largest absolute Gasteiger partial charge is 0.497 e. The van der Waals surface area contributed by atoms with Crippen molar-refractivity contribution in [1.82, 2.24) is 10.2 Å². The van der Waals surface area contributed by atoms with Crippen LogP contribution in [-0.2, 0) is 14.3 Å². The van der Waals surface area contributed by atoms with Crippen LogP contribution in [-0.4, -0.2) is 56.0 Å². The number of ether oxygens (including phenoxy) is 2. The number of nitrogens with one attached hydrogen (secondary N) is 1. The lowest BCUT2D eigenvalue weighted by Crippen LogP contribution is -2.57. The Morgan fingerprint density at radius 1 is 1.27 bits per heavy atom. The number of piperazine rings is 1. The highest BCUT2D eigenvalue weighted by Crippen LogP contribution is 2.17. The highest BCUT2D eigenvalue weighted by molar-refractivity contribution is 5.99. The van der Waals surface area contributed by atoms with Crippen molar-refractivity contribution in [2.24, 2.45) is 0 Å². The second-order valence-electron chi connectivity index (χ2n) is 4.81. The Morgan fingerprint density at radius 2 is 1.95 bits per heavy atom. The molecule has 0 aromatic heterocycles. The second kappa shape index (κ2) is 6.93. The highest BCUT2D eigenvalue weighted by atomic mass is 16.5. The van der Waals surface area contributed by atoms with Gasteiger partial charge in [0.15, 0.2) is 0 Å². The predicted octanol–water partition coefficient (Wildman–Crippen LogP) is 0.199. The molecular weight excluding hydrogens is 288 g/mol. The number of rotatable bonds is 4. The first-order valence-corrected chi connectivity index (χ1v) is 6.86. The van der Waals surface area contributed by atoms with E-state index in [-0.39, 0.29) is 18.2 Å². The van der Waals surface area contributed by atoms with E-state index in [1.807, 2.05) is 0 Å². The van der Waals surface area contributed by atoms with Gasteiger partial charge in [-0.1, -0.05) is 0 Å². The Labute approximate surface area is 128 Å². The zero-order valence-corrected chi connectivity index (χ0v) is 12.5. The van der Waals surface area contributed by atoms with Crippen LogP contribution in [0, 0.1) is 0 Å². The Balaban J connectivity index is 2.19. The van der Waals surface area contributed by atoms with Crippen LogP contribution >= 0.6 is 0 Å². The second-order valence-corrected chi connectivity index (χ2v) is 4.81. The molecule has 7 heteroatoms. The van der Waals surface area contributed by atoms with E-state index in [1.165, 1.54) is 19.1 Å². The van der Waals surface area contributed by atoms with Crippen molar-refractivity contribution >= 4 is 17.8 Å². The molecule has 0 radical (unpaired) electrons. The van der Waals surface area contributed by atoms with E-state index in [1.54, 1.807) is 24.3 Å². The number of hydrogen-bond acceptors (Lipinski definition) is 5. The lowest BCUT2D eigenvalue weighted by atomic mass is 10.1. The summed E-state index contributed by atoms with van der Waals surface area (Å²) in [5, 5.41) is 2.66. The minimum absolute atomic E-state index is 0.162. The van der Waals surface area contributed by atoms with Gasteiger partial charge < -0.3 is 19.7 Å². The SMILES string of the molecule is COC(=O)C[C@@H]1C(=O)NCCN1C(=O)c1ccc(OC)cc1. The molecule has 0 spiro atoms. The van der Waals surface area contributed by atoms with E-state index in [0.29, 0.717) is 24.4 Å². The molecule has 0 unspecified atom stereocenters. The van der Waals surface area contributed by atoms with Crippen LogP contribution in [0.25, 0.3) is 0 Å². The molecule has 1 heterocycles. The molecule has 0 bridgehead atoms. The van der Waals surface area contributed by atoms with Crippen molar-refractivity contribution in [2.75, 3.05) is 27.3 Å². The van der Waals surface area contributed by atoms with Crippen LogP contribution in [0.5, 0.6) is 5.75 Å². The fourth-order valence-electron chi connectivity index (χ4n) is 2.30. The zero-order valence-electron chi connectivity index (χ0n) is 12.5. The molecule has 1 aromatic rings. The Hall–Kier alpha value is -2.57. The average molecular weight is 306 g/mol. The predicted molar refractivity (Wildman–Crippen MR) is 77.5 cm³/mol. The van der Waals surface area contributed by atoms with E-state index in [9.17, 15) is 14.4 Å². The molecule has 1 fully saturated rings. The molecular formula is C15H18N2O5. The number of carbonyl (C=O) groups excluding carboxylic acids is 3. The molecule has 1 aliphatic heterocycles. The van der Waals surface area contributed by atoms with Gasteiger partial charge in [0.2, 0.25) is 5.91 Å². The maximum Gasteiger partial charge on any atom is 0.308 e. The minimum atomic E-state index is -0.851. The number of nitrogens with zero attached hydrogens (tertiary/aromatic N) is 1. The van der Waals surface area contributed by atoms with Gasteiger partial charge >= 0.3 is 5.97 Å². The third-order valence-corrected chi connectivity index (χ3v) is 3.52. The molecule has 1 N–H and O–H groups in total. The zero-order chi connectivity index (χ0) is 16.1. The Morgan fingerprint density at radius 3 is 2.55 bits per heavy atom. The summed E-state index contributed by atoms with van der Waals surface area (Å²) < 4.78 is 9.64. The van der Waals surface area contributed by atoms with Gasteiger partial charge in [0.25, 0.3) is 5.91 Å². The molecule has 118 valence electrons. The van der Waals surface area contributed by atoms with Gasteiger partial charge in [0, 0.05) is 18.7 Å². The van der Waals surface area contributed by atoms with Crippen LogP contribution in [0.15, 0.2) is 24.3 Å². The maximum atomic E-state index is 12.6. The first-order chi connectivity index (χ1) is 10.6. The van der Waals surface area contributed by atoms with Gasteiger partial charge in [-0.2, -0.15) is 0 Å². The normalized spacial score (nSPS) is 17.6. The molecule has 0 aliphatic carbocycles. The summed E-state index contributed by atoms with van der Waals surface area (Å²) in [4.78, 5) is 37.4. The summed E-state index contributed by atoms with van der Waals surface area (Å²) in [5.41, 5.74) is 0.436. The number of amides is 2. The third-order valence-electron chi connectivity index (χ3n) is 3.52. The van der Waals surface area contributed by atoms with Crippen molar-refractivity contribution < 1.29 is 23.9 Å². The molecule has 1 aromatic carbocycles. The standard InChI is InChI=1S/C15H18N2O5/c1-21-11-5-3-10(4-6-11)15(20)17-8-7-16-14(19)12(17)9-13(18)22-2/h3-6,12H,7-9H2,1-2H3,(H,16,19)/t12-/m1/s1. The van der Waals surface area contributed by atoms with Crippen LogP contribution in [0.4, 0.5) is 0 Å². The maximum absolute atomic E-state index is 12.6. The van der Waals surface area contributed by atoms with Crippen molar-refractivity contribution in [2.45, 2.75) is 12.5 Å². The quantitative estimate of drug-likeness (QED) is 0.803. The van der Waals surface area contributed by atoms with Gasteiger partial charge in [-0.15, -0.1) is 0 Å². The topological polar surface area (TPSA) is 84.9 Å². The lowest BCUT2D eigenvalue weighted by Gasteiger charge is -2.34. The van der Waals surface area contributed by atoms with Crippen LogP contribution in [0.2, 0.25) is 0 Å². The van der Waals surface area contributed by atoms with Crippen molar-refractivity contribution in [1.29, 1.82) is 0 Å². The molecule has 2 amide bonds. The molecule has 2 rings (SSSR count). The van der Waals surface area contributed by atoms with Crippen molar-refractivity contribution in [3.8, 4) is 5.75 Å². The fraction of sp³-hybridized carbons (Fsp3) is 0.400. The summed E-state index contributed by atoms with van der Waals surface area (Å²) in [6.45, 7) is 0.705. The Bertz CT molecular complexity index is 570. The van der Waals surface area contributed by atoms with Crippen LogP contribution in [0.3, 0.4) is 0 Å². The lowest BCUT2D eigenvalue weighted by molar-refractivity contribution is -0.145.